The quantitative estimate of drug-likeness (QED) is 0.501. The lowest BCUT2D eigenvalue weighted by Gasteiger charge is -2.07. The standard InChI is InChI=1S/C19H14BrFN4/c20-16-8-15(9-17(21)10-16)19-22-6-7-24(19)12-14-11-23-25(13-14)18-4-2-1-3-5-18/h1-11,13H,12H2. The summed E-state index contributed by atoms with van der Waals surface area (Å²) < 4.78 is 18.2. The minimum absolute atomic E-state index is 0.296. The second-order valence-electron chi connectivity index (χ2n) is 5.67. The van der Waals surface area contributed by atoms with Crippen LogP contribution in [0.1, 0.15) is 5.56 Å². The average molecular weight is 397 g/mol. The van der Waals surface area contributed by atoms with Gasteiger partial charge in [-0.15, -0.1) is 0 Å². The summed E-state index contributed by atoms with van der Waals surface area (Å²) in [5.41, 5.74) is 2.78. The molecule has 0 fully saturated rings. The Hall–Kier alpha value is -2.73. The Morgan fingerprint density at radius 1 is 1.08 bits per heavy atom. The van der Waals surface area contributed by atoms with Crippen molar-refractivity contribution in [3.63, 3.8) is 0 Å². The largest absolute Gasteiger partial charge is 0.326 e. The third-order valence-corrected chi connectivity index (χ3v) is 4.30. The summed E-state index contributed by atoms with van der Waals surface area (Å²) in [5, 5.41) is 4.41. The summed E-state index contributed by atoms with van der Waals surface area (Å²) in [7, 11) is 0. The lowest BCUT2D eigenvalue weighted by molar-refractivity contribution is 0.627. The van der Waals surface area contributed by atoms with E-state index in [-0.39, 0.29) is 5.82 Å². The molecular formula is C19H14BrFN4. The van der Waals surface area contributed by atoms with Crippen LogP contribution in [0.15, 0.2) is 77.8 Å². The van der Waals surface area contributed by atoms with E-state index in [1.165, 1.54) is 12.1 Å². The zero-order valence-electron chi connectivity index (χ0n) is 13.2. The Morgan fingerprint density at radius 3 is 2.72 bits per heavy atom. The Bertz CT molecular complexity index is 987. The van der Waals surface area contributed by atoms with Gasteiger partial charge in [-0.3, -0.25) is 0 Å². The van der Waals surface area contributed by atoms with E-state index in [4.69, 9.17) is 0 Å². The van der Waals surface area contributed by atoms with Gasteiger partial charge >= 0.3 is 0 Å². The van der Waals surface area contributed by atoms with Gasteiger partial charge < -0.3 is 4.57 Å². The van der Waals surface area contributed by atoms with Gasteiger partial charge in [0.2, 0.25) is 0 Å². The normalized spacial score (nSPS) is 11.0. The fourth-order valence-electron chi connectivity index (χ4n) is 2.74. The van der Waals surface area contributed by atoms with Gasteiger partial charge in [0.05, 0.1) is 18.4 Å². The van der Waals surface area contributed by atoms with Gasteiger partial charge in [-0.25, -0.2) is 14.1 Å². The molecule has 0 aliphatic carbocycles. The molecule has 124 valence electrons. The summed E-state index contributed by atoms with van der Waals surface area (Å²) in [6.07, 6.45) is 7.42. The molecule has 0 bridgehead atoms. The first kappa shape index (κ1) is 15.8. The van der Waals surface area contributed by atoms with E-state index in [1.807, 2.05) is 64.2 Å². The molecule has 0 aliphatic rings. The number of para-hydroxylation sites is 1. The smallest absolute Gasteiger partial charge is 0.140 e. The topological polar surface area (TPSA) is 35.6 Å². The third kappa shape index (κ3) is 3.39. The van der Waals surface area contributed by atoms with Crippen LogP contribution in [0.5, 0.6) is 0 Å². The molecule has 0 spiro atoms. The molecular weight excluding hydrogens is 383 g/mol. The number of halogens is 2. The maximum atomic E-state index is 13.7. The first-order valence-electron chi connectivity index (χ1n) is 7.75. The van der Waals surface area contributed by atoms with Gasteiger partial charge in [0.25, 0.3) is 0 Å². The number of benzene rings is 2. The minimum Gasteiger partial charge on any atom is -0.326 e. The number of hydrogen-bond donors (Lipinski definition) is 0. The molecule has 4 nitrogen and oxygen atoms in total. The number of imidazole rings is 1. The summed E-state index contributed by atoms with van der Waals surface area (Å²) >= 11 is 3.33. The Labute approximate surface area is 152 Å². The molecule has 4 rings (SSSR count). The maximum absolute atomic E-state index is 13.7. The molecule has 0 aliphatic heterocycles. The van der Waals surface area contributed by atoms with Gasteiger partial charge in [-0.1, -0.05) is 34.1 Å². The van der Waals surface area contributed by atoms with Crippen molar-refractivity contribution in [3.05, 3.63) is 89.2 Å². The summed E-state index contributed by atoms with van der Waals surface area (Å²) in [5.74, 6) is 0.420. The maximum Gasteiger partial charge on any atom is 0.140 e. The van der Waals surface area contributed by atoms with E-state index in [2.05, 4.69) is 26.0 Å². The molecule has 0 N–H and O–H groups in total. The molecule has 25 heavy (non-hydrogen) atoms. The summed E-state index contributed by atoms with van der Waals surface area (Å²) in [6, 6.07) is 14.7. The predicted molar refractivity (Wildman–Crippen MR) is 98.0 cm³/mol. The average Bonchev–Trinajstić information content (AvgIpc) is 3.25. The molecule has 4 aromatic rings. The first-order valence-corrected chi connectivity index (χ1v) is 8.55. The van der Waals surface area contributed by atoms with E-state index < -0.39 is 0 Å². The van der Waals surface area contributed by atoms with Crippen molar-refractivity contribution in [3.8, 4) is 17.1 Å². The highest BCUT2D eigenvalue weighted by Crippen LogP contribution is 2.24. The molecule has 0 atom stereocenters. The Kier molecular flexibility index (Phi) is 4.19. The van der Waals surface area contributed by atoms with E-state index in [0.717, 1.165) is 16.8 Å². The van der Waals surface area contributed by atoms with Gasteiger partial charge in [-0.2, -0.15) is 5.10 Å². The summed E-state index contributed by atoms with van der Waals surface area (Å²) in [6.45, 7) is 0.607. The van der Waals surface area contributed by atoms with Crippen LogP contribution in [0.2, 0.25) is 0 Å². The number of aromatic nitrogens is 4. The van der Waals surface area contributed by atoms with Crippen molar-refractivity contribution in [1.29, 1.82) is 0 Å². The van der Waals surface area contributed by atoms with Crippen LogP contribution < -0.4 is 0 Å². The Balaban J connectivity index is 1.63. The fraction of sp³-hybridized carbons (Fsp3) is 0.0526. The van der Waals surface area contributed by atoms with Gasteiger partial charge in [0.15, 0.2) is 0 Å². The second-order valence-corrected chi connectivity index (χ2v) is 6.58. The van der Waals surface area contributed by atoms with Crippen LogP contribution in [0, 0.1) is 5.82 Å². The molecule has 6 heteroatoms. The summed E-state index contributed by atoms with van der Waals surface area (Å²) in [4.78, 5) is 4.38. The molecule has 0 radical (unpaired) electrons. The van der Waals surface area contributed by atoms with E-state index in [0.29, 0.717) is 16.8 Å². The van der Waals surface area contributed by atoms with Crippen molar-refractivity contribution in [2.75, 3.05) is 0 Å². The molecule has 0 unspecified atom stereocenters. The molecule has 0 amide bonds. The van der Waals surface area contributed by atoms with Crippen molar-refractivity contribution in [2.45, 2.75) is 6.54 Å². The van der Waals surface area contributed by atoms with Gasteiger partial charge in [0.1, 0.15) is 11.6 Å². The Morgan fingerprint density at radius 2 is 1.92 bits per heavy atom. The SMILES string of the molecule is Fc1cc(Br)cc(-c2nccn2Cc2cnn(-c3ccccc3)c2)c1. The monoisotopic (exact) mass is 396 g/mol. The van der Waals surface area contributed by atoms with Gasteiger partial charge in [-0.05, 0) is 30.3 Å². The lowest BCUT2D eigenvalue weighted by atomic mass is 10.2. The van der Waals surface area contributed by atoms with E-state index in [9.17, 15) is 4.39 Å². The van der Waals surface area contributed by atoms with Crippen LogP contribution in [0.3, 0.4) is 0 Å². The van der Waals surface area contributed by atoms with Crippen LogP contribution in [-0.2, 0) is 6.54 Å². The van der Waals surface area contributed by atoms with Crippen molar-refractivity contribution < 1.29 is 4.39 Å². The van der Waals surface area contributed by atoms with E-state index in [1.54, 1.807) is 6.20 Å². The molecule has 2 aromatic carbocycles. The van der Waals surface area contributed by atoms with Crippen molar-refractivity contribution in [2.24, 2.45) is 0 Å². The zero-order chi connectivity index (χ0) is 17.2. The van der Waals surface area contributed by atoms with Gasteiger partial charge in [0, 0.05) is 34.2 Å². The first-order chi connectivity index (χ1) is 12.2. The molecule has 0 saturated carbocycles. The zero-order valence-corrected chi connectivity index (χ0v) is 14.8. The van der Waals surface area contributed by atoms with Crippen LogP contribution in [-0.4, -0.2) is 19.3 Å². The van der Waals surface area contributed by atoms with Crippen molar-refractivity contribution >= 4 is 15.9 Å². The number of nitrogens with zero attached hydrogens (tertiary/aromatic N) is 4. The highest BCUT2D eigenvalue weighted by molar-refractivity contribution is 9.10. The van der Waals surface area contributed by atoms with Crippen LogP contribution in [0.4, 0.5) is 4.39 Å². The minimum atomic E-state index is -0.296. The molecule has 0 saturated heterocycles. The molecule has 2 heterocycles. The number of rotatable bonds is 4. The predicted octanol–water partition coefficient (Wildman–Crippen LogP) is 4.69. The third-order valence-electron chi connectivity index (χ3n) is 3.85. The highest BCUT2D eigenvalue weighted by Gasteiger charge is 2.10. The van der Waals surface area contributed by atoms with E-state index >= 15 is 0 Å². The number of hydrogen-bond acceptors (Lipinski definition) is 2. The lowest BCUT2D eigenvalue weighted by Crippen LogP contribution is -2.01. The van der Waals surface area contributed by atoms with Crippen LogP contribution >= 0.6 is 15.9 Å². The fourth-order valence-corrected chi connectivity index (χ4v) is 3.21. The highest BCUT2D eigenvalue weighted by atomic mass is 79.9. The van der Waals surface area contributed by atoms with Crippen LogP contribution in [0.25, 0.3) is 17.1 Å². The molecule has 2 aromatic heterocycles. The second kappa shape index (κ2) is 6.64. The van der Waals surface area contributed by atoms with Crippen molar-refractivity contribution in [1.82, 2.24) is 19.3 Å².